The van der Waals surface area contributed by atoms with E-state index >= 15 is 0 Å². The first-order valence-electron chi connectivity index (χ1n) is 5.12. The van der Waals surface area contributed by atoms with E-state index in [0.29, 0.717) is 13.0 Å². The molecular formula is C10H18N2O3S. The Bertz CT molecular complexity index is 445. The molecule has 1 amide bonds. The molecule has 0 aromatic rings. The number of hydrogen-bond acceptors (Lipinski definition) is 3. The van der Waals surface area contributed by atoms with Crippen LogP contribution < -0.4 is 5.73 Å². The summed E-state index contributed by atoms with van der Waals surface area (Å²) in [5, 5.41) is 0. The van der Waals surface area contributed by atoms with Crippen LogP contribution in [0.15, 0.2) is 0 Å². The van der Waals surface area contributed by atoms with Crippen LogP contribution in [0.3, 0.4) is 0 Å². The molecule has 0 bridgehead atoms. The lowest BCUT2D eigenvalue weighted by Gasteiger charge is -2.48. The zero-order valence-electron chi connectivity index (χ0n) is 10.1. The maximum Gasteiger partial charge on any atom is 0.229 e. The van der Waals surface area contributed by atoms with Gasteiger partial charge in [-0.05, 0) is 20.4 Å². The first-order valence-corrected chi connectivity index (χ1v) is 6.20. The number of hydrogen-bond donors (Lipinski definition) is 1. The van der Waals surface area contributed by atoms with Crippen molar-refractivity contribution in [2.24, 2.45) is 16.6 Å². The van der Waals surface area contributed by atoms with Gasteiger partial charge in [0, 0.05) is 12.0 Å². The van der Waals surface area contributed by atoms with Crippen molar-refractivity contribution in [3.05, 3.63) is 0 Å². The summed E-state index contributed by atoms with van der Waals surface area (Å²) in [6, 6.07) is 0. The highest BCUT2D eigenvalue weighted by Crippen LogP contribution is 2.46. The first kappa shape index (κ1) is 13.2. The van der Waals surface area contributed by atoms with E-state index in [1.54, 1.807) is 32.7 Å². The molecule has 0 saturated carbocycles. The van der Waals surface area contributed by atoms with Crippen LogP contribution in [0.2, 0.25) is 0 Å². The zero-order valence-corrected chi connectivity index (χ0v) is 10.9. The molecule has 6 heteroatoms. The Morgan fingerprint density at radius 1 is 1.38 bits per heavy atom. The average molecular weight is 246 g/mol. The number of primary amides is 1. The molecule has 1 atom stereocenters. The topological polar surface area (TPSA) is 80.5 Å². The van der Waals surface area contributed by atoms with Gasteiger partial charge in [0.2, 0.25) is 16.2 Å². The molecule has 5 nitrogen and oxygen atoms in total. The molecule has 0 aromatic carbocycles. The van der Waals surface area contributed by atoms with Crippen molar-refractivity contribution in [2.75, 3.05) is 13.6 Å². The van der Waals surface area contributed by atoms with Gasteiger partial charge in [-0.15, -0.1) is 0 Å². The lowest BCUT2D eigenvalue weighted by Crippen LogP contribution is -2.59. The molecule has 1 unspecified atom stereocenters. The fourth-order valence-corrected chi connectivity index (χ4v) is 3.27. The summed E-state index contributed by atoms with van der Waals surface area (Å²) >= 11 is 0. The summed E-state index contributed by atoms with van der Waals surface area (Å²) in [6.45, 7) is 5.75. The Morgan fingerprint density at radius 3 is 2.25 bits per heavy atom. The lowest BCUT2D eigenvalue weighted by molar-refractivity contribution is -0.132. The van der Waals surface area contributed by atoms with Crippen LogP contribution in [0, 0.1) is 10.8 Å². The smallest absolute Gasteiger partial charge is 0.229 e. The summed E-state index contributed by atoms with van der Waals surface area (Å²) < 4.78 is 22.5. The molecule has 0 aromatic heterocycles. The molecule has 1 saturated heterocycles. The monoisotopic (exact) mass is 246 g/mol. The van der Waals surface area contributed by atoms with Gasteiger partial charge >= 0.3 is 0 Å². The van der Waals surface area contributed by atoms with Crippen molar-refractivity contribution in [1.82, 2.24) is 4.90 Å². The predicted octanol–water partition coefficient (Wildman–Crippen LogP) is -0.151. The van der Waals surface area contributed by atoms with Crippen molar-refractivity contribution in [3.63, 3.8) is 0 Å². The molecule has 1 aliphatic rings. The number of piperidine rings is 1. The third kappa shape index (κ3) is 1.66. The van der Waals surface area contributed by atoms with Gasteiger partial charge in [0.05, 0.1) is 5.41 Å². The van der Waals surface area contributed by atoms with Crippen molar-refractivity contribution >= 4 is 21.2 Å². The number of carbonyl (C=O) groups excluding carboxylic acids is 1. The quantitative estimate of drug-likeness (QED) is 0.652. The van der Waals surface area contributed by atoms with Crippen molar-refractivity contribution in [1.29, 1.82) is 0 Å². The van der Waals surface area contributed by atoms with Crippen LogP contribution in [0.4, 0.5) is 0 Å². The molecule has 92 valence electrons. The third-order valence-electron chi connectivity index (χ3n) is 3.91. The molecule has 1 heterocycles. The average Bonchev–Trinajstić information content (AvgIpc) is 2.10. The maximum atomic E-state index is 11.6. The number of amides is 1. The number of rotatable bonds is 1. The number of likely N-dealkylation sites (tertiary alicyclic amines) is 1. The minimum absolute atomic E-state index is 0.250. The normalized spacial score (nSPS) is 30.1. The van der Waals surface area contributed by atoms with Gasteiger partial charge in [-0.3, -0.25) is 9.69 Å². The molecular weight excluding hydrogens is 228 g/mol. The summed E-state index contributed by atoms with van der Waals surface area (Å²) in [5.41, 5.74) is 3.81. The molecule has 0 radical (unpaired) electrons. The molecule has 0 spiro atoms. The summed E-state index contributed by atoms with van der Waals surface area (Å²) in [7, 11) is -0.614. The van der Waals surface area contributed by atoms with Crippen LogP contribution in [0.25, 0.3) is 0 Å². The van der Waals surface area contributed by atoms with Crippen LogP contribution in [0.1, 0.15) is 27.2 Å². The fraction of sp³-hybridized carbons (Fsp3) is 0.800. The highest BCUT2D eigenvalue weighted by molar-refractivity contribution is 7.73. The van der Waals surface area contributed by atoms with E-state index in [1.807, 2.05) is 0 Å². The zero-order chi connectivity index (χ0) is 12.7. The van der Waals surface area contributed by atoms with Crippen molar-refractivity contribution in [2.45, 2.75) is 27.2 Å². The Hall–Kier alpha value is -0.880. The van der Waals surface area contributed by atoms with Crippen molar-refractivity contribution in [3.8, 4) is 0 Å². The molecule has 1 aliphatic heterocycles. The second kappa shape index (κ2) is 3.85. The molecule has 2 N–H and O–H groups in total. The van der Waals surface area contributed by atoms with E-state index in [1.165, 1.54) is 0 Å². The minimum Gasteiger partial charge on any atom is -0.369 e. The van der Waals surface area contributed by atoms with E-state index in [4.69, 9.17) is 5.73 Å². The van der Waals surface area contributed by atoms with E-state index in [9.17, 15) is 13.2 Å². The lowest BCUT2D eigenvalue weighted by atomic mass is 9.62. The second-order valence-electron chi connectivity index (χ2n) is 5.03. The van der Waals surface area contributed by atoms with Gasteiger partial charge in [0.15, 0.2) is 0 Å². The first-order chi connectivity index (χ1) is 7.14. The van der Waals surface area contributed by atoms with E-state index in [2.05, 4.69) is 0 Å². The third-order valence-corrected chi connectivity index (χ3v) is 5.05. The fourth-order valence-electron chi connectivity index (χ4n) is 2.29. The van der Waals surface area contributed by atoms with Crippen LogP contribution in [-0.2, 0) is 15.1 Å². The maximum absolute atomic E-state index is 11.6. The summed E-state index contributed by atoms with van der Waals surface area (Å²) in [4.78, 5) is 13.5. The largest absolute Gasteiger partial charge is 0.369 e. The van der Waals surface area contributed by atoms with Crippen LogP contribution in [0.5, 0.6) is 0 Å². The van der Waals surface area contributed by atoms with Gasteiger partial charge in [0.1, 0.15) is 4.99 Å². The highest BCUT2D eigenvalue weighted by Gasteiger charge is 2.53. The number of carbonyl (C=O) groups is 1. The molecule has 1 rings (SSSR count). The summed E-state index contributed by atoms with van der Waals surface area (Å²) in [5.74, 6) is -0.450. The standard InChI is InChI=1S/C10H18N2O3S/c1-9(2)8(16(14)15)12(4)6-5-10(9,3)7(11)13/h5-6H2,1-4H3,(H2,11,13). The predicted molar refractivity (Wildman–Crippen MR) is 62.3 cm³/mol. The van der Waals surface area contributed by atoms with E-state index < -0.39 is 27.0 Å². The van der Waals surface area contributed by atoms with Crippen LogP contribution in [-0.4, -0.2) is 37.8 Å². The Labute approximate surface area is 97.1 Å². The van der Waals surface area contributed by atoms with Gasteiger partial charge < -0.3 is 5.73 Å². The van der Waals surface area contributed by atoms with Gasteiger partial charge in [-0.2, -0.15) is 8.42 Å². The Balaban J connectivity index is 3.46. The van der Waals surface area contributed by atoms with E-state index in [0.717, 1.165) is 0 Å². The SMILES string of the molecule is CN1CCC(C)(C(N)=O)C(C)(C)C1=S(=O)=O. The summed E-state index contributed by atoms with van der Waals surface area (Å²) in [6.07, 6.45) is 0.562. The minimum atomic E-state index is -2.33. The number of nitrogens with two attached hydrogens (primary N) is 1. The van der Waals surface area contributed by atoms with E-state index in [-0.39, 0.29) is 4.99 Å². The van der Waals surface area contributed by atoms with Gasteiger partial charge in [0.25, 0.3) is 0 Å². The van der Waals surface area contributed by atoms with Crippen molar-refractivity contribution < 1.29 is 13.2 Å². The molecule has 0 aliphatic carbocycles. The van der Waals surface area contributed by atoms with Gasteiger partial charge in [-0.1, -0.05) is 13.8 Å². The van der Waals surface area contributed by atoms with Crippen LogP contribution >= 0.6 is 0 Å². The molecule has 1 fully saturated rings. The van der Waals surface area contributed by atoms with Gasteiger partial charge in [-0.25, -0.2) is 0 Å². The second-order valence-corrected chi connectivity index (χ2v) is 5.89. The number of nitrogens with zero attached hydrogens (tertiary/aromatic N) is 1. The highest BCUT2D eigenvalue weighted by atomic mass is 32.2. The Morgan fingerprint density at radius 2 is 1.88 bits per heavy atom. The molecule has 16 heavy (non-hydrogen) atoms. The Kier molecular flexibility index (Phi) is 3.17.